The first-order chi connectivity index (χ1) is 8.08. The van der Waals surface area contributed by atoms with Gasteiger partial charge in [0.15, 0.2) is 0 Å². The second-order valence-electron chi connectivity index (χ2n) is 4.60. The molecule has 1 amide bonds. The van der Waals surface area contributed by atoms with Gasteiger partial charge in [0.25, 0.3) is 0 Å². The minimum absolute atomic E-state index is 0.118. The molecule has 0 bridgehead atoms. The number of aromatic nitrogens is 2. The quantitative estimate of drug-likeness (QED) is 0.762. The van der Waals surface area contributed by atoms with Crippen molar-refractivity contribution < 1.29 is 9.53 Å². The molecule has 2 heterocycles. The molecule has 5 heteroatoms. The highest BCUT2D eigenvalue weighted by atomic mass is 16.5. The van der Waals surface area contributed by atoms with Gasteiger partial charge in [-0.05, 0) is 26.8 Å². The number of carbonyl (C=O) groups is 1. The van der Waals surface area contributed by atoms with E-state index in [9.17, 15) is 4.79 Å². The zero-order chi connectivity index (χ0) is 12.4. The van der Waals surface area contributed by atoms with E-state index in [2.05, 4.69) is 5.10 Å². The maximum absolute atomic E-state index is 12.1. The van der Waals surface area contributed by atoms with Crippen LogP contribution >= 0.6 is 0 Å². The van der Waals surface area contributed by atoms with Crippen LogP contribution in [0, 0.1) is 13.8 Å². The Kier molecular flexibility index (Phi) is 3.47. The molecule has 0 unspecified atom stereocenters. The predicted octanol–water partition coefficient (Wildman–Crippen LogP) is 0.747. The summed E-state index contributed by atoms with van der Waals surface area (Å²) in [5, 5.41) is 4.31. The Labute approximate surface area is 101 Å². The van der Waals surface area contributed by atoms with Crippen LogP contribution in [-0.2, 0) is 16.1 Å². The predicted molar refractivity (Wildman–Crippen MR) is 63.7 cm³/mol. The van der Waals surface area contributed by atoms with Gasteiger partial charge < -0.3 is 9.64 Å². The Morgan fingerprint density at radius 1 is 1.59 bits per heavy atom. The minimum Gasteiger partial charge on any atom is -0.377 e. The highest BCUT2D eigenvalue weighted by molar-refractivity contribution is 5.76. The Balaban J connectivity index is 2.03. The maximum atomic E-state index is 12.1. The van der Waals surface area contributed by atoms with E-state index in [4.69, 9.17) is 4.74 Å². The average molecular weight is 237 g/mol. The summed E-state index contributed by atoms with van der Waals surface area (Å²) in [6.45, 7) is 8.18. The number of aryl methyl sites for hydroxylation is 2. The molecular weight excluding hydrogens is 218 g/mol. The van der Waals surface area contributed by atoms with Crippen LogP contribution < -0.4 is 0 Å². The van der Waals surface area contributed by atoms with Crippen molar-refractivity contribution in [2.24, 2.45) is 0 Å². The molecule has 1 atom stereocenters. The second kappa shape index (κ2) is 4.87. The van der Waals surface area contributed by atoms with Gasteiger partial charge >= 0.3 is 0 Å². The smallest absolute Gasteiger partial charge is 0.244 e. The molecule has 1 fully saturated rings. The summed E-state index contributed by atoms with van der Waals surface area (Å²) >= 11 is 0. The van der Waals surface area contributed by atoms with Gasteiger partial charge in [0.1, 0.15) is 6.54 Å². The molecule has 5 nitrogen and oxygen atoms in total. The normalized spacial score (nSPS) is 20.6. The summed E-state index contributed by atoms with van der Waals surface area (Å²) in [6.07, 6.45) is 0. The van der Waals surface area contributed by atoms with Crippen molar-refractivity contribution in [1.82, 2.24) is 14.7 Å². The van der Waals surface area contributed by atoms with Crippen molar-refractivity contribution >= 4 is 5.91 Å². The number of hydrogen-bond donors (Lipinski definition) is 0. The Bertz CT molecular complexity index is 414. The number of rotatable bonds is 2. The standard InChI is InChI=1S/C12H19N3O2/c1-9-6-10(2)15(13-9)7-12(16)14-4-5-17-8-11(14)3/h6,11H,4-5,7-8H2,1-3H3/t11-/m0/s1. The van der Waals surface area contributed by atoms with Gasteiger partial charge in [0.05, 0.1) is 24.9 Å². The highest BCUT2D eigenvalue weighted by Gasteiger charge is 2.24. The summed E-state index contributed by atoms with van der Waals surface area (Å²) in [4.78, 5) is 14.0. The van der Waals surface area contributed by atoms with Crippen molar-refractivity contribution in [2.75, 3.05) is 19.8 Å². The summed E-state index contributed by atoms with van der Waals surface area (Å²) in [6, 6.07) is 2.14. The van der Waals surface area contributed by atoms with Crippen molar-refractivity contribution in [3.8, 4) is 0 Å². The molecular formula is C12H19N3O2. The fourth-order valence-corrected chi connectivity index (χ4v) is 2.15. The van der Waals surface area contributed by atoms with E-state index in [0.29, 0.717) is 26.3 Å². The number of ether oxygens (including phenoxy) is 1. The number of nitrogens with zero attached hydrogens (tertiary/aromatic N) is 3. The molecule has 2 rings (SSSR count). The van der Waals surface area contributed by atoms with Crippen LogP contribution in [0.25, 0.3) is 0 Å². The molecule has 0 N–H and O–H groups in total. The molecule has 0 aliphatic carbocycles. The lowest BCUT2D eigenvalue weighted by Crippen LogP contribution is -2.48. The van der Waals surface area contributed by atoms with Gasteiger partial charge in [-0.2, -0.15) is 5.10 Å². The van der Waals surface area contributed by atoms with Crippen LogP contribution in [0.5, 0.6) is 0 Å². The lowest BCUT2D eigenvalue weighted by molar-refractivity contribution is -0.140. The minimum atomic E-state index is 0.118. The first kappa shape index (κ1) is 12.1. The van der Waals surface area contributed by atoms with E-state index in [1.54, 1.807) is 4.68 Å². The van der Waals surface area contributed by atoms with Crippen molar-refractivity contribution in [3.63, 3.8) is 0 Å². The van der Waals surface area contributed by atoms with Crippen LogP contribution in [0.3, 0.4) is 0 Å². The highest BCUT2D eigenvalue weighted by Crippen LogP contribution is 2.09. The van der Waals surface area contributed by atoms with E-state index >= 15 is 0 Å². The van der Waals surface area contributed by atoms with E-state index in [1.807, 2.05) is 31.7 Å². The number of amides is 1. The lowest BCUT2D eigenvalue weighted by atomic mass is 10.2. The van der Waals surface area contributed by atoms with E-state index in [0.717, 1.165) is 11.4 Å². The fraction of sp³-hybridized carbons (Fsp3) is 0.667. The summed E-state index contributed by atoms with van der Waals surface area (Å²) in [7, 11) is 0. The Morgan fingerprint density at radius 2 is 2.35 bits per heavy atom. The molecule has 0 saturated carbocycles. The van der Waals surface area contributed by atoms with E-state index in [1.165, 1.54) is 0 Å². The van der Waals surface area contributed by atoms with Gasteiger partial charge in [-0.15, -0.1) is 0 Å². The maximum Gasteiger partial charge on any atom is 0.244 e. The molecule has 1 saturated heterocycles. The first-order valence-electron chi connectivity index (χ1n) is 5.96. The largest absolute Gasteiger partial charge is 0.377 e. The van der Waals surface area contributed by atoms with Gasteiger partial charge in [0.2, 0.25) is 5.91 Å². The third-order valence-corrected chi connectivity index (χ3v) is 3.08. The van der Waals surface area contributed by atoms with Crippen LogP contribution in [0.1, 0.15) is 18.3 Å². The zero-order valence-electron chi connectivity index (χ0n) is 10.6. The molecule has 1 aliphatic heterocycles. The van der Waals surface area contributed by atoms with Crippen molar-refractivity contribution in [2.45, 2.75) is 33.4 Å². The number of carbonyl (C=O) groups excluding carboxylic acids is 1. The second-order valence-corrected chi connectivity index (χ2v) is 4.60. The summed E-state index contributed by atoms with van der Waals surface area (Å²) in [5.74, 6) is 0.118. The summed E-state index contributed by atoms with van der Waals surface area (Å²) in [5.41, 5.74) is 1.97. The van der Waals surface area contributed by atoms with Crippen molar-refractivity contribution in [3.05, 3.63) is 17.5 Å². The molecule has 1 aromatic heterocycles. The molecule has 17 heavy (non-hydrogen) atoms. The average Bonchev–Trinajstić information content (AvgIpc) is 2.58. The zero-order valence-corrected chi connectivity index (χ0v) is 10.6. The fourth-order valence-electron chi connectivity index (χ4n) is 2.15. The van der Waals surface area contributed by atoms with Crippen LogP contribution in [-0.4, -0.2) is 46.4 Å². The topological polar surface area (TPSA) is 47.4 Å². The third-order valence-electron chi connectivity index (χ3n) is 3.08. The third kappa shape index (κ3) is 2.66. The van der Waals surface area contributed by atoms with E-state index in [-0.39, 0.29) is 11.9 Å². The molecule has 0 aromatic carbocycles. The van der Waals surface area contributed by atoms with Gasteiger partial charge in [-0.25, -0.2) is 0 Å². The molecule has 94 valence electrons. The monoisotopic (exact) mass is 237 g/mol. The van der Waals surface area contributed by atoms with E-state index < -0.39 is 0 Å². The SMILES string of the molecule is Cc1cc(C)n(CC(=O)N2CCOC[C@@H]2C)n1. The van der Waals surface area contributed by atoms with Crippen LogP contribution in [0.15, 0.2) is 6.07 Å². The van der Waals surface area contributed by atoms with Crippen molar-refractivity contribution in [1.29, 1.82) is 0 Å². The summed E-state index contributed by atoms with van der Waals surface area (Å²) < 4.78 is 7.09. The molecule has 0 spiro atoms. The Hall–Kier alpha value is -1.36. The molecule has 0 radical (unpaired) electrons. The van der Waals surface area contributed by atoms with Crippen LogP contribution in [0.4, 0.5) is 0 Å². The van der Waals surface area contributed by atoms with Crippen LogP contribution in [0.2, 0.25) is 0 Å². The number of hydrogen-bond acceptors (Lipinski definition) is 3. The van der Waals surface area contributed by atoms with Gasteiger partial charge in [-0.3, -0.25) is 9.48 Å². The lowest BCUT2D eigenvalue weighted by Gasteiger charge is -2.33. The Morgan fingerprint density at radius 3 is 2.94 bits per heavy atom. The molecule has 1 aromatic rings. The molecule has 1 aliphatic rings. The van der Waals surface area contributed by atoms with Gasteiger partial charge in [-0.1, -0.05) is 0 Å². The number of morpholine rings is 1. The first-order valence-corrected chi connectivity index (χ1v) is 5.96. The van der Waals surface area contributed by atoms with Gasteiger partial charge in [0, 0.05) is 12.2 Å².